The summed E-state index contributed by atoms with van der Waals surface area (Å²) in [5, 5.41) is 3.87. The number of carbonyl (C=O) groups excluding carboxylic acids is 2. The number of carbonyl (C=O) groups is 2. The van der Waals surface area contributed by atoms with Crippen LogP contribution in [0.15, 0.2) is 24.3 Å². The summed E-state index contributed by atoms with van der Waals surface area (Å²) in [5.74, 6) is 0.0229. The van der Waals surface area contributed by atoms with E-state index in [1.165, 1.54) is 5.56 Å². The van der Waals surface area contributed by atoms with Gasteiger partial charge in [-0.2, -0.15) is 0 Å². The molecule has 124 valence electrons. The Labute approximate surface area is 141 Å². The topological polar surface area (TPSA) is 62.3 Å². The summed E-state index contributed by atoms with van der Waals surface area (Å²) >= 11 is 0. The number of nitrogens with zero attached hydrogens (tertiary/aromatic N) is 2. The fourth-order valence-corrected chi connectivity index (χ4v) is 4.26. The fraction of sp³-hybridized carbons (Fsp3) is 0.421. The quantitative estimate of drug-likeness (QED) is 0.882. The van der Waals surface area contributed by atoms with Gasteiger partial charge in [-0.15, -0.1) is 0 Å². The number of fused-ring (bicyclic) bond motifs is 3. The van der Waals surface area contributed by atoms with Crippen LogP contribution in [-0.4, -0.2) is 29.9 Å². The molecule has 2 amide bonds. The minimum Gasteiger partial charge on any atom is -0.355 e. The maximum atomic E-state index is 13.2. The van der Waals surface area contributed by atoms with E-state index in [0.29, 0.717) is 6.54 Å². The Hall–Kier alpha value is -2.43. The number of hydrogen-bond acceptors (Lipinski definition) is 3. The number of para-hydroxylation sites is 1. The second-order valence-corrected chi connectivity index (χ2v) is 6.71. The van der Waals surface area contributed by atoms with Gasteiger partial charge in [-0.1, -0.05) is 24.6 Å². The first kappa shape index (κ1) is 15.1. The van der Waals surface area contributed by atoms with Crippen LogP contribution in [0.25, 0.3) is 10.9 Å². The molecular formula is C19H21N3O2. The van der Waals surface area contributed by atoms with E-state index in [-0.39, 0.29) is 17.9 Å². The molecule has 2 heterocycles. The lowest BCUT2D eigenvalue weighted by atomic mass is 10.0. The molecule has 1 aliphatic carbocycles. The number of nitrogens with one attached hydrogen (secondary N) is 1. The highest BCUT2D eigenvalue weighted by molar-refractivity contribution is 6.06. The molecule has 24 heavy (non-hydrogen) atoms. The molecule has 4 rings (SSSR count). The summed E-state index contributed by atoms with van der Waals surface area (Å²) < 4.78 is 0. The van der Waals surface area contributed by atoms with Crippen molar-refractivity contribution in [3.63, 3.8) is 0 Å². The monoisotopic (exact) mass is 323 g/mol. The molecule has 2 atom stereocenters. The molecule has 2 aromatic rings. The number of benzene rings is 1. The van der Waals surface area contributed by atoms with Gasteiger partial charge in [-0.25, -0.2) is 0 Å². The zero-order valence-electron chi connectivity index (χ0n) is 13.8. The molecule has 0 saturated heterocycles. The maximum absolute atomic E-state index is 13.2. The maximum Gasteiger partial charge on any atom is 0.232 e. The Bertz CT molecular complexity index is 818. The number of aromatic nitrogens is 1. The number of pyridine rings is 1. The van der Waals surface area contributed by atoms with Crippen molar-refractivity contribution in [3.8, 4) is 0 Å². The van der Waals surface area contributed by atoms with Crippen LogP contribution in [0.2, 0.25) is 0 Å². The van der Waals surface area contributed by atoms with Gasteiger partial charge in [0.25, 0.3) is 0 Å². The van der Waals surface area contributed by atoms with E-state index in [0.717, 1.165) is 54.4 Å². The molecule has 0 radical (unpaired) electrons. The molecule has 0 unspecified atom stereocenters. The molecule has 5 heteroatoms. The van der Waals surface area contributed by atoms with Crippen molar-refractivity contribution in [2.45, 2.75) is 38.6 Å². The average Bonchev–Trinajstić information content (AvgIpc) is 3.22. The van der Waals surface area contributed by atoms with Crippen LogP contribution in [0.4, 0.5) is 5.69 Å². The van der Waals surface area contributed by atoms with Crippen LogP contribution in [0.3, 0.4) is 0 Å². The molecule has 5 nitrogen and oxygen atoms in total. The van der Waals surface area contributed by atoms with E-state index in [2.05, 4.69) is 10.3 Å². The number of rotatable bonds is 3. The standard InChI is InChI=1S/C19H21N3O2/c1-12-13-9-10-22(18(13)14-5-2-3-7-17(14)21-12)19(24)15-6-4-8-16(15)20-11-23/h2-3,5,7,11,15-16H,4,6,8-10H2,1H3,(H,20,23)/t15-,16+/m0/s1. The van der Waals surface area contributed by atoms with Crippen LogP contribution in [-0.2, 0) is 16.0 Å². The second kappa shape index (κ2) is 5.89. The minimum absolute atomic E-state index is 0.0340. The molecular weight excluding hydrogens is 302 g/mol. The van der Waals surface area contributed by atoms with Crippen LogP contribution in [0.1, 0.15) is 30.5 Å². The number of aryl methyl sites for hydroxylation is 1. The highest BCUT2D eigenvalue weighted by Crippen LogP contribution is 2.39. The fourth-order valence-electron chi connectivity index (χ4n) is 4.26. The van der Waals surface area contributed by atoms with Gasteiger partial charge in [0.15, 0.2) is 0 Å². The van der Waals surface area contributed by atoms with E-state index in [1.807, 2.05) is 36.1 Å². The number of amides is 2. The largest absolute Gasteiger partial charge is 0.355 e. The Morgan fingerprint density at radius 2 is 2.17 bits per heavy atom. The summed E-state index contributed by atoms with van der Waals surface area (Å²) in [5.41, 5.74) is 4.15. The van der Waals surface area contributed by atoms with E-state index >= 15 is 0 Å². The van der Waals surface area contributed by atoms with Gasteiger partial charge in [0.2, 0.25) is 12.3 Å². The first-order chi connectivity index (χ1) is 11.7. The summed E-state index contributed by atoms with van der Waals surface area (Å²) in [4.78, 5) is 30.6. The molecule has 1 saturated carbocycles. The van der Waals surface area contributed by atoms with E-state index in [4.69, 9.17) is 0 Å². The van der Waals surface area contributed by atoms with Gasteiger partial charge < -0.3 is 10.2 Å². The van der Waals surface area contributed by atoms with Gasteiger partial charge in [0, 0.05) is 23.7 Å². The van der Waals surface area contributed by atoms with Crippen molar-refractivity contribution in [1.82, 2.24) is 10.3 Å². The SMILES string of the molecule is Cc1nc2ccccc2c2c1CCN2C(=O)[C@H]1CCC[C@H]1NC=O. The van der Waals surface area contributed by atoms with E-state index < -0.39 is 0 Å². The van der Waals surface area contributed by atoms with Crippen molar-refractivity contribution >= 4 is 28.9 Å². The molecule has 1 aliphatic heterocycles. The zero-order valence-corrected chi connectivity index (χ0v) is 13.8. The Balaban J connectivity index is 1.76. The third kappa shape index (κ3) is 2.27. The average molecular weight is 323 g/mol. The Morgan fingerprint density at radius 3 is 3.00 bits per heavy atom. The smallest absolute Gasteiger partial charge is 0.232 e. The molecule has 1 aromatic carbocycles. The van der Waals surface area contributed by atoms with Gasteiger partial charge in [-0.05, 0) is 37.8 Å². The van der Waals surface area contributed by atoms with E-state index in [1.54, 1.807) is 0 Å². The minimum atomic E-state index is -0.117. The van der Waals surface area contributed by atoms with Crippen molar-refractivity contribution < 1.29 is 9.59 Å². The first-order valence-electron chi connectivity index (χ1n) is 8.60. The van der Waals surface area contributed by atoms with E-state index in [9.17, 15) is 9.59 Å². The number of anilines is 1. The normalized spacial score (nSPS) is 22.6. The highest BCUT2D eigenvalue weighted by atomic mass is 16.2. The predicted molar refractivity (Wildman–Crippen MR) is 92.9 cm³/mol. The van der Waals surface area contributed by atoms with Crippen LogP contribution in [0.5, 0.6) is 0 Å². The van der Waals surface area contributed by atoms with Crippen molar-refractivity contribution in [1.29, 1.82) is 0 Å². The Morgan fingerprint density at radius 1 is 1.33 bits per heavy atom. The second-order valence-electron chi connectivity index (χ2n) is 6.71. The molecule has 1 fully saturated rings. The van der Waals surface area contributed by atoms with Gasteiger partial charge in [0.1, 0.15) is 0 Å². The summed E-state index contributed by atoms with van der Waals surface area (Å²) in [6, 6.07) is 7.97. The summed E-state index contributed by atoms with van der Waals surface area (Å²) in [6.07, 6.45) is 4.28. The summed E-state index contributed by atoms with van der Waals surface area (Å²) in [7, 11) is 0. The molecule has 2 aliphatic rings. The lowest BCUT2D eigenvalue weighted by Crippen LogP contribution is -2.43. The van der Waals surface area contributed by atoms with Crippen molar-refractivity contribution in [3.05, 3.63) is 35.5 Å². The van der Waals surface area contributed by atoms with Gasteiger partial charge >= 0.3 is 0 Å². The molecule has 1 N–H and O–H groups in total. The first-order valence-corrected chi connectivity index (χ1v) is 8.60. The Kier molecular flexibility index (Phi) is 3.71. The van der Waals surface area contributed by atoms with Gasteiger partial charge in [0.05, 0.1) is 17.1 Å². The van der Waals surface area contributed by atoms with Crippen LogP contribution in [0, 0.1) is 12.8 Å². The third-order valence-electron chi connectivity index (χ3n) is 5.41. The zero-order chi connectivity index (χ0) is 16.7. The molecule has 0 spiro atoms. The molecule has 1 aromatic heterocycles. The van der Waals surface area contributed by atoms with Crippen molar-refractivity contribution in [2.75, 3.05) is 11.4 Å². The van der Waals surface area contributed by atoms with Crippen LogP contribution >= 0.6 is 0 Å². The molecule has 0 bridgehead atoms. The predicted octanol–water partition coefficient (Wildman–Crippen LogP) is 2.35. The summed E-state index contributed by atoms with van der Waals surface area (Å²) in [6.45, 7) is 2.72. The lowest BCUT2D eigenvalue weighted by Gasteiger charge is -2.26. The van der Waals surface area contributed by atoms with Crippen LogP contribution < -0.4 is 10.2 Å². The number of hydrogen-bond donors (Lipinski definition) is 1. The van der Waals surface area contributed by atoms with Gasteiger partial charge in [-0.3, -0.25) is 14.6 Å². The lowest BCUT2D eigenvalue weighted by molar-refractivity contribution is -0.123. The highest BCUT2D eigenvalue weighted by Gasteiger charge is 2.38. The van der Waals surface area contributed by atoms with Crippen molar-refractivity contribution in [2.24, 2.45) is 5.92 Å². The third-order valence-corrected chi connectivity index (χ3v) is 5.41.